The highest BCUT2D eigenvalue weighted by atomic mass is 16.2. The molecule has 1 aromatic heterocycles. The van der Waals surface area contributed by atoms with Gasteiger partial charge < -0.3 is 9.47 Å². The van der Waals surface area contributed by atoms with Gasteiger partial charge in [0.15, 0.2) is 0 Å². The number of aryl methyl sites for hydroxylation is 1. The molecule has 0 bridgehead atoms. The number of amides is 1. The largest absolute Gasteiger partial charge is 0.340 e. The first-order chi connectivity index (χ1) is 8.58. The topological polar surface area (TPSA) is 41.4 Å². The summed E-state index contributed by atoms with van der Waals surface area (Å²) < 4.78 is 1.91. The highest BCUT2D eigenvalue weighted by Gasteiger charge is 2.23. The van der Waals surface area contributed by atoms with Gasteiger partial charge >= 0.3 is 0 Å². The predicted octanol–water partition coefficient (Wildman–Crippen LogP) is 0.515. The second-order valence-corrected chi connectivity index (χ2v) is 5.14. The van der Waals surface area contributed by atoms with E-state index in [9.17, 15) is 4.79 Å². The van der Waals surface area contributed by atoms with E-state index < -0.39 is 0 Å². The maximum absolute atomic E-state index is 12.1. The highest BCUT2D eigenvalue weighted by Crippen LogP contribution is 2.08. The van der Waals surface area contributed by atoms with Gasteiger partial charge in [0, 0.05) is 51.7 Å². The van der Waals surface area contributed by atoms with Crippen molar-refractivity contribution in [3.05, 3.63) is 18.2 Å². The summed E-state index contributed by atoms with van der Waals surface area (Å²) in [7, 11) is 1.92. The lowest BCUT2D eigenvalue weighted by Gasteiger charge is -2.36. The van der Waals surface area contributed by atoms with Gasteiger partial charge in [-0.3, -0.25) is 9.69 Å². The molecule has 2 heterocycles. The summed E-state index contributed by atoms with van der Waals surface area (Å²) in [6.45, 7) is 8.02. The van der Waals surface area contributed by atoms with Crippen molar-refractivity contribution in [2.24, 2.45) is 7.05 Å². The van der Waals surface area contributed by atoms with Gasteiger partial charge in [0.25, 0.3) is 0 Å². The maximum Gasteiger partial charge on any atom is 0.230 e. The Balaban J connectivity index is 1.86. The molecule has 0 spiro atoms. The van der Waals surface area contributed by atoms with Crippen molar-refractivity contribution >= 4 is 5.91 Å². The van der Waals surface area contributed by atoms with Crippen LogP contribution in [0.5, 0.6) is 0 Å². The molecule has 5 heteroatoms. The maximum atomic E-state index is 12.1. The minimum Gasteiger partial charge on any atom is -0.340 e. The molecule has 0 aromatic carbocycles. The molecule has 1 aliphatic rings. The van der Waals surface area contributed by atoms with E-state index in [1.807, 2.05) is 22.7 Å². The van der Waals surface area contributed by atoms with Crippen LogP contribution in [0.15, 0.2) is 12.4 Å². The number of imidazole rings is 1. The monoisotopic (exact) mass is 250 g/mol. The number of aromatic nitrogens is 2. The van der Waals surface area contributed by atoms with Crippen LogP contribution < -0.4 is 0 Å². The Morgan fingerprint density at radius 2 is 2.00 bits per heavy atom. The van der Waals surface area contributed by atoms with Gasteiger partial charge in [0.05, 0.1) is 6.42 Å². The van der Waals surface area contributed by atoms with Gasteiger partial charge in [-0.2, -0.15) is 0 Å². The van der Waals surface area contributed by atoms with Crippen molar-refractivity contribution in [2.45, 2.75) is 26.3 Å². The Labute approximate surface area is 108 Å². The van der Waals surface area contributed by atoms with Crippen LogP contribution in [0.2, 0.25) is 0 Å². The van der Waals surface area contributed by atoms with Crippen LogP contribution in [0.3, 0.4) is 0 Å². The van der Waals surface area contributed by atoms with Gasteiger partial charge in [-0.05, 0) is 13.8 Å². The quantitative estimate of drug-likeness (QED) is 0.785. The fraction of sp³-hybridized carbons (Fsp3) is 0.692. The number of carbonyl (C=O) groups excluding carboxylic acids is 1. The van der Waals surface area contributed by atoms with Crippen LogP contribution >= 0.6 is 0 Å². The average Bonchev–Trinajstić information content (AvgIpc) is 2.75. The Bertz CT molecular complexity index is 405. The zero-order valence-corrected chi connectivity index (χ0v) is 11.5. The van der Waals surface area contributed by atoms with E-state index in [4.69, 9.17) is 0 Å². The second-order valence-electron chi connectivity index (χ2n) is 5.14. The Kier molecular flexibility index (Phi) is 4.01. The van der Waals surface area contributed by atoms with Crippen molar-refractivity contribution in [2.75, 3.05) is 26.2 Å². The number of piperazine rings is 1. The zero-order chi connectivity index (χ0) is 13.1. The zero-order valence-electron chi connectivity index (χ0n) is 11.5. The van der Waals surface area contributed by atoms with E-state index in [2.05, 4.69) is 23.7 Å². The van der Waals surface area contributed by atoms with Crippen LogP contribution in [-0.4, -0.2) is 57.5 Å². The van der Waals surface area contributed by atoms with Crippen molar-refractivity contribution in [1.29, 1.82) is 0 Å². The van der Waals surface area contributed by atoms with E-state index in [-0.39, 0.29) is 5.91 Å². The fourth-order valence-corrected chi connectivity index (χ4v) is 2.30. The van der Waals surface area contributed by atoms with E-state index in [0.29, 0.717) is 12.5 Å². The fourth-order valence-electron chi connectivity index (χ4n) is 2.30. The molecule has 0 radical (unpaired) electrons. The minimum atomic E-state index is 0.188. The molecular formula is C13H22N4O. The standard InChI is InChI=1S/C13H22N4O/c1-11(2)16-6-8-17(9-7-16)13(18)10-12-14-4-5-15(12)3/h4-5,11H,6-10H2,1-3H3. The molecule has 18 heavy (non-hydrogen) atoms. The average molecular weight is 250 g/mol. The Morgan fingerprint density at radius 3 is 2.50 bits per heavy atom. The molecule has 5 nitrogen and oxygen atoms in total. The molecule has 0 unspecified atom stereocenters. The van der Waals surface area contributed by atoms with Crippen LogP contribution in [-0.2, 0) is 18.3 Å². The number of nitrogens with zero attached hydrogens (tertiary/aromatic N) is 4. The minimum absolute atomic E-state index is 0.188. The molecule has 1 fully saturated rings. The van der Waals surface area contributed by atoms with E-state index in [1.165, 1.54) is 0 Å². The number of hydrogen-bond donors (Lipinski definition) is 0. The first-order valence-electron chi connectivity index (χ1n) is 6.56. The van der Waals surface area contributed by atoms with Gasteiger partial charge in [-0.1, -0.05) is 0 Å². The first-order valence-corrected chi connectivity index (χ1v) is 6.56. The molecule has 0 aliphatic carbocycles. The number of rotatable bonds is 3. The summed E-state index contributed by atoms with van der Waals surface area (Å²) in [6.07, 6.45) is 4.02. The van der Waals surface area contributed by atoms with Crippen LogP contribution in [0.25, 0.3) is 0 Å². The van der Waals surface area contributed by atoms with Gasteiger partial charge in [-0.25, -0.2) is 4.98 Å². The molecule has 1 aliphatic heterocycles. The number of hydrogen-bond acceptors (Lipinski definition) is 3. The molecule has 0 saturated carbocycles. The van der Waals surface area contributed by atoms with Crippen molar-refractivity contribution < 1.29 is 4.79 Å². The molecule has 100 valence electrons. The number of carbonyl (C=O) groups is 1. The van der Waals surface area contributed by atoms with Gasteiger partial charge in [0.1, 0.15) is 5.82 Å². The summed E-state index contributed by atoms with van der Waals surface area (Å²) in [5, 5.41) is 0. The third-order valence-corrected chi connectivity index (χ3v) is 3.63. The summed E-state index contributed by atoms with van der Waals surface area (Å²) in [4.78, 5) is 20.7. The molecular weight excluding hydrogens is 228 g/mol. The summed E-state index contributed by atoms with van der Waals surface area (Å²) in [6, 6.07) is 0.566. The summed E-state index contributed by atoms with van der Waals surface area (Å²) >= 11 is 0. The van der Waals surface area contributed by atoms with Crippen LogP contribution in [0.1, 0.15) is 19.7 Å². The first kappa shape index (κ1) is 13.1. The SMILES string of the molecule is CC(C)N1CCN(C(=O)Cc2nccn2C)CC1. The predicted molar refractivity (Wildman–Crippen MR) is 70.2 cm³/mol. The normalized spacial score (nSPS) is 17.4. The molecule has 1 amide bonds. The molecule has 0 N–H and O–H groups in total. The Hall–Kier alpha value is -1.36. The lowest BCUT2D eigenvalue weighted by atomic mass is 10.2. The van der Waals surface area contributed by atoms with E-state index >= 15 is 0 Å². The molecule has 1 aromatic rings. The van der Waals surface area contributed by atoms with Crippen molar-refractivity contribution in [3.63, 3.8) is 0 Å². The second kappa shape index (κ2) is 5.52. The Morgan fingerprint density at radius 1 is 1.33 bits per heavy atom. The third kappa shape index (κ3) is 2.90. The van der Waals surface area contributed by atoms with E-state index in [1.54, 1.807) is 6.20 Å². The van der Waals surface area contributed by atoms with Crippen molar-refractivity contribution in [1.82, 2.24) is 19.4 Å². The van der Waals surface area contributed by atoms with Gasteiger partial charge in [-0.15, -0.1) is 0 Å². The van der Waals surface area contributed by atoms with Crippen molar-refractivity contribution in [3.8, 4) is 0 Å². The molecule has 0 atom stereocenters. The smallest absolute Gasteiger partial charge is 0.230 e. The molecule has 2 rings (SSSR count). The van der Waals surface area contributed by atoms with E-state index in [0.717, 1.165) is 32.0 Å². The highest BCUT2D eigenvalue weighted by molar-refractivity contribution is 5.78. The third-order valence-electron chi connectivity index (χ3n) is 3.63. The summed E-state index contributed by atoms with van der Waals surface area (Å²) in [5.74, 6) is 1.03. The van der Waals surface area contributed by atoms with Crippen LogP contribution in [0.4, 0.5) is 0 Å². The lowest BCUT2D eigenvalue weighted by molar-refractivity contribution is -0.132. The van der Waals surface area contributed by atoms with Gasteiger partial charge in [0.2, 0.25) is 5.91 Å². The summed E-state index contributed by atoms with van der Waals surface area (Å²) in [5.41, 5.74) is 0. The lowest BCUT2D eigenvalue weighted by Crippen LogP contribution is -2.51. The molecule has 1 saturated heterocycles. The van der Waals surface area contributed by atoms with Crippen LogP contribution in [0, 0.1) is 0 Å².